The quantitative estimate of drug-likeness (QED) is 0.446. The summed E-state index contributed by atoms with van der Waals surface area (Å²) in [5.41, 5.74) is 1.55. The van der Waals surface area contributed by atoms with Crippen LogP contribution in [0, 0.1) is 0 Å². The van der Waals surface area contributed by atoms with Gasteiger partial charge in [0.1, 0.15) is 0 Å². The lowest BCUT2D eigenvalue weighted by molar-refractivity contribution is 0.590. The number of hydrogen-bond acceptors (Lipinski definition) is 4. The van der Waals surface area contributed by atoms with Gasteiger partial charge in [-0.2, -0.15) is 25.3 Å². The van der Waals surface area contributed by atoms with Gasteiger partial charge in [0.15, 0.2) is 0 Å². The van der Waals surface area contributed by atoms with Gasteiger partial charge in [0.05, 0.1) is 0 Å². The molecule has 0 saturated heterocycles. The third-order valence-electron chi connectivity index (χ3n) is 2.77. The topological polar surface area (TPSA) is 24.1 Å². The second kappa shape index (κ2) is 12.7. The first-order valence-electron chi connectivity index (χ1n) is 7.31. The molecule has 0 unspecified atom stereocenters. The van der Waals surface area contributed by atoms with Crippen LogP contribution < -0.4 is 10.6 Å². The highest BCUT2D eigenvalue weighted by atomic mass is 35.5. The van der Waals surface area contributed by atoms with E-state index in [0.717, 1.165) is 42.7 Å². The van der Waals surface area contributed by atoms with Crippen LogP contribution in [0.25, 0.3) is 0 Å². The van der Waals surface area contributed by atoms with Crippen LogP contribution in [-0.4, -0.2) is 37.7 Å². The van der Waals surface area contributed by atoms with Crippen molar-refractivity contribution in [2.45, 2.75) is 26.2 Å². The molecule has 0 radical (unpaired) electrons. The Morgan fingerprint density at radius 3 is 1.62 bits per heavy atom. The molecule has 1 aromatic rings. The molecule has 2 N–H and O–H groups in total. The van der Waals surface area contributed by atoms with Crippen molar-refractivity contribution in [1.29, 1.82) is 0 Å². The molecule has 0 aliphatic heterocycles. The number of nitrogens with one attached hydrogen (secondary N) is 2. The van der Waals surface area contributed by atoms with Gasteiger partial charge in [-0.1, -0.05) is 44.5 Å². The molecule has 122 valence electrons. The van der Waals surface area contributed by atoms with E-state index in [4.69, 9.17) is 11.6 Å². The van der Waals surface area contributed by atoms with Crippen molar-refractivity contribution in [2.75, 3.05) is 37.7 Å². The lowest BCUT2D eigenvalue weighted by atomic mass is 9.87. The second-order valence-corrected chi connectivity index (χ2v) is 7.03. The predicted molar refractivity (Wildman–Crippen MR) is 104 cm³/mol. The Hall–Kier alpha value is 0.130. The van der Waals surface area contributed by atoms with Crippen LogP contribution in [0.5, 0.6) is 0 Å². The van der Waals surface area contributed by atoms with Crippen LogP contribution in [0.4, 0.5) is 0 Å². The summed E-state index contributed by atoms with van der Waals surface area (Å²) in [6.45, 7) is 10.6. The Morgan fingerprint density at radius 1 is 0.857 bits per heavy atom. The van der Waals surface area contributed by atoms with Crippen molar-refractivity contribution >= 4 is 36.9 Å². The highest BCUT2D eigenvalue weighted by Gasteiger charge is 2.12. The minimum absolute atomic E-state index is 0.227. The maximum atomic E-state index is 5.76. The lowest BCUT2D eigenvalue weighted by Crippen LogP contribution is -2.29. The summed E-state index contributed by atoms with van der Waals surface area (Å²) in [5, 5.41) is 7.26. The molecule has 0 aliphatic rings. The summed E-state index contributed by atoms with van der Waals surface area (Å²) < 4.78 is 0. The fourth-order valence-electron chi connectivity index (χ4n) is 1.53. The van der Waals surface area contributed by atoms with Gasteiger partial charge >= 0.3 is 0 Å². The van der Waals surface area contributed by atoms with E-state index in [2.05, 4.69) is 68.8 Å². The lowest BCUT2D eigenvalue weighted by Gasteiger charge is -2.18. The summed E-state index contributed by atoms with van der Waals surface area (Å²) in [4.78, 5) is 0. The van der Waals surface area contributed by atoms with E-state index in [1.807, 2.05) is 12.1 Å². The van der Waals surface area contributed by atoms with Gasteiger partial charge in [-0.15, -0.1) is 0 Å². The summed E-state index contributed by atoms with van der Waals surface area (Å²) in [7, 11) is 0. The van der Waals surface area contributed by atoms with E-state index in [0.29, 0.717) is 0 Å². The third-order valence-corrected chi connectivity index (χ3v) is 3.47. The predicted octanol–water partition coefficient (Wildman–Crippen LogP) is 3.66. The van der Waals surface area contributed by atoms with Gasteiger partial charge in [-0.3, -0.25) is 0 Å². The van der Waals surface area contributed by atoms with Crippen LogP contribution in [0.2, 0.25) is 5.02 Å². The van der Waals surface area contributed by atoms with Gasteiger partial charge in [0.2, 0.25) is 0 Å². The van der Waals surface area contributed by atoms with Crippen LogP contribution in [-0.2, 0) is 5.41 Å². The average molecular weight is 349 g/mol. The van der Waals surface area contributed by atoms with Crippen LogP contribution in [0.3, 0.4) is 0 Å². The van der Waals surface area contributed by atoms with E-state index in [9.17, 15) is 0 Å². The molecule has 0 atom stereocenters. The molecule has 0 aromatic heterocycles. The minimum Gasteiger partial charge on any atom is -0.315 e. The molecule has 0 fully saturated rings. The monoisotopic (exact) mass is 348 g/mol. The second-order valence-electron chi connectivity index (χ2n) is 5.70. The first-order chi connectivity index (χ1) is 9.91. The first kappa shape index (κ1) is 21.1. The molecular weight excluding hydrogens is 320 g/mol. The smallest absolute Gasteiger partial charge is 0.0406 e. The van der Waals surface area contributed by atoms with Crippen molar-refractivity contribution in [3.63, 3.8) is 0 Å². The number of hydrogen-bond donors (Lipinski definition) is 4. The van der Waals surface area contributed by atoms with Gasteiger partial charge < -0.3 is 10.6 Å². The van der Waals surface area contributed by atoms with Gasteiger partial charge in [0, 0.05) is 42.7 Å². The molecule has 0 heterocycles. The molecule has 0 amide bonds. The van der Waals surface area contributed by atoms with Crippen LogP contribution >= 0.6 is 36.9 Å². The Bertz CT molecular complexity index is 342. The minimum atomic E-state index is 0.227. The Labute approximate surface area is 146 Å². The van der Waals surface area contributed by atoms with Crippen LogP contribution in [0.15, 0.2) is 24.3 Å². The van der Waals surface area contributed by atoms with Crippen molar-refractivity contribution in [2.24, 2.45) is 0 Å². The Kier molecular flexibility index (Phi) is 12.7. The molecule has 0 bridgehead atoms. The molecular formula is C16H29ClN2S2. The number of halogens is 1. The fourth-order valence-corrected chi connectivity index (χ4v) is 1.98. The van der Waals surface area contributed by atoms with Gasteiger partial charge in [0.25, 0.3) is 0 Å². The number of rotatable bonds is 7. The molecule has 21 heavy (non-hydrogen) atoms. The molecule has 1 aromatic carbocycles. The largest absolute Gasteiger partial charge is 0.315 e. The van der Waals surface area contributed by atoms with Crippen molar-refractivity contribution in [3.8, 4) is 0 Å². The van der Waals surface area contributed by atoms with Gasteiger partial charge in [-0.25, -0.2) is 0 Å². The zero-order valence-corrected chi connectivity index (χ0v) is 15.9. The molecule has 0 saturated carbocycles. The Balaban J connectivity index is 0.000000384. The van der Waals surface area contributed by atoms with Crippen molar-refractivity contribution in [1.82, 2.24) is 10.6 Å². The molecule has 0 aliphatic carbocycles. The number of benzene rings is 1. The zero-order chi connectivity index (χ0) is 16.1. The summed E-state index contributed by atoms with van der Waals surface area (Å²) in [6, 6.07) is 8.01. The maximum Gasteiger partial charge on any atom is 0.0406 e. The number of thiol groups is 2. The van der Waals surface area contributed by atoms with E-state index >= 15 is 0 Å². The highest BCUT2D eigenvalue weighted by Crippen LogP contribution is 2.23. The van der Waals surface area contributed by atoms with Gasteiger partial charge in [-0.05, 0) is 23.1 Å². The Morgan fingerprint density at radius 2 is 1.29 bits per heavy atom. The van der Waals surface area contributed by atoms with Crippen molar-refractivity contribution in [3.05, 3.63) is 34.9 Å². The van der Waals surface area contributed by atoms with E-state index in [-0.39, 0.29) is 5.41 Å². The maximum absolute atomic E-state index is 5.76. The molecule has 1 rings (SSSR count). The normalized spacial score (nSPS) is 11.0. The fraction of sp³-hybridized carbons (Fsp3) is 0.625. The van der Waals surface area contributed by atoms with Crippen molar-refractivity contribution < 1.29 is 0 Å². The molecule has 2 nitrogen and oxygen atoms in total. The summed E-state index contributed by atoms with van der Waals surface area (Å²) in [5.74, 6) is 1.82. The van der Waals surface area contributed by atoms with E-state index in [1.54, 1.807) is 0 Å². The highest BCUT2D eigenvalue weighted by molar-refractivity contribution is 7.80. The van der Waals surface area contributed by atoms with Crippen LogP contribution in [0.1, 0.15) is 26.3 Å². The SMILES string of the molecule is CC(C)(C)c1ccc(Cl)cc1.SCCNCCNCCS. The third kappa shape index (κ3) is 12.4. The zero-order valence-electron chi connectivity index (χ0n) is 13.3. The molecule has 5 heteroatoms. The first-order valence-corrected chi connectivity index (χ1v) is 8.95. The summed E-state index contributed by atoms with van der Waals surface area (Å²) in [6.07, 6.45) is 0. The van der Waals surface area contributed by atoms with E-state index < -0.39 is 0 Å². The average Bonchev–Trinajstić information content (AvgIpc) is 2.43. The summed E-state index contributed by atoms with van der Waals surface area (Å²) >= 11 is 13.9. The molecule has 0 spiro atoms. The standard InChI is InChI=1S/C10H13Cl.C6H16N2S2/c1-10(2,3)8-4-6-9(11)7-5-8;9-5-3-7-1-2-8-4-6-10/h4-7H,1-3H3;7-10H,1-6H2. The van der Waals surface area contributed by atoms with E-state index in [1.165, 1.54) is 5.56 Å².